The van der Waals surface area contributed by atoms with Crippen molar-refractivity contribution in [1.82, 2.24) is 15.0 Å². The highest BCUT2D eigenvalue weighted by atomic mass is 32.2. The van der Waals surface area contributed by atoms with Gasteiger partial charge in [-0.2, -0.15) is 0 Å². The van der Waals surface area contributed by atoms with Gasteiger partial charge in [0.1, 0.15) is 5.82 Å². The molecule has 3 N–H and O–H groups in total. The number of hydrogen-bond donors (Lipinski definition) is 4. The lowest BCUT2D eigenvalue weighted by Crippen LogP contribution is -2.17. The van der Waals surface area contributed by atoms with Crippen molar-refractivity contribution in [2.24, 2.45) is 7.05 Å². The third kappa shape index (κ3) is 7.87. The van der Waals surface area contributed by atoms with Crippen molar-refractivity contribution in [2.75, 3.05) is 23.6 Å². The normalized spacial score (nSPS) is 12.1. The maximum Gasteiger partial charge on any atom is 0.243 e. The van der Waals surface area contributed by atoms with E-state index in [1.807, 2.05) is 25.2 Å². The number of aryl methyl sites for hydroxylation is 2. The van der Waals surface area contributed by atoms with Gasteiger partial charge in [-0.15, -0.1) is 9.93 Å². The zero-order valence-corrected chi connectivity index (χ0v) is 19.0. The standard InChI is InChI=1S/C21H34N4O4S/c1-25-18-13-12-16(22-20(26)11-8-14-30(2,3)29)15-17(18)23-19(25)9-6-4-5-7-10-21(27)24-28/h12-13,15,28,30H,4-11,14H2,1-3H3,(H,22,26)(H,24,27). The van der Waals surface area contributed by atoms with Crippen LogP contribution in [0.4, 0.5) is 5.69 Å². The van der Waals surface area contributed by atoms with Crippen LogP contribution < -0.4 is 10.8 Å². The van der Waals surface area contributed by atoms with Crippen molar-refractivity contribution in [3.05, 3.63) is 24.0 Å². The summed E-state index contributed by atoms with van der Waals surface area (Å²) in [6.45, 7) is 0. The van der Waals surface area contributed by atoms with Crippen LogP contribution in [0.3, 0.4) is 0 Å². The topological polar surface area (TPSA) is 113 Å². The molecule has 1 heterocycles. The molecular weight excluding hydrogens is 404 g/mol. The summed E-state index contributed by atoms with van der Waals surface area (Å²) in [5.74, 6) is 1.15. The first-order valence-electron chi connectivity index (χ1n) is 10.4. The molecule has 30 heavy (non-hydrogen) atoms. The van der Waals surface area contributed by atoms with E-state index in [4.69, 9.17) is 10.2 Å². The SMILES string of the molecule is Cn1c(CCCCCCC(=O)NO)nc2cc(NC(=O)CCC[SH](C)(C)=O)ccc21. The van der Waals surface area contributed by atoms with Crippen molar-refractivity contribution in [3.63, 3.8) is 0 Å². The number of imidazole rings is 1. The van der Waals surface area contributed by atoms with E-state index >= 15 is 0 Å². The number of aromatic nitrogens is 2. The molecule has 0 unspecified atom stereocenters. The molecule has 8 nitrogen and oxygen atoms in total. The summed E-state index contributed by atoms with van der Waals surface area (Å²) >= 11 is 0. The summed E-state index contributed by atoms with van der Waals surface area (Å²) in [5.41, 5.74) is 4.22. The first kappa shape index (κ1) is 24.0. The van der Waals surface area contributed by atoms with Gasteiger partial charge in [-0.05, 0) is 50.0 Å². The van der Waals surface area contributed by atoms with Crippen molar-refractivity contribution in [1.29, 1.82) is 0 Å². The summed E-state index contributed by atoms with van der Waals surface area (Å²) in [7, 11) is -0.0939. The molecule has 1 aromatic heterocycles. The van der Waals surface area contributed by atoms with Crippen LogP contribution in [0.1, 0.15) is 50.8 Å². The summed E-state index contributed by atoms with van der Waals surface area (Å²) in [4.78, 5) is 27.8. The van der Waals surface area contributed by atoms with Gasteiger partial charge in [-0.1, -0.05) is 12.8 Å². The van der Waals surface area contributed by atoms with Gasteiger partial charge in [0.2, 0.25) is 11.8 Å². The van der Waals surface area contributed by atoms with Gasteiger partial charge in [0.05, 0.1) is 11.0 Å². The molecule has 2 aromatic rings. The Hall–Kier alpha value is -2.26. The van der Waals surface area contributed by atoms with Gasteiger partial charge in [-0.3, -0.25) is 19.0 Å². The Morgan fingerprint density at radius 2 is 1.77 bits per heavy atom. The lowest BCUT2D eigenvalue weighted by Gasteiger charge is -2.11. The second-order valence-corrected chi connectivity index (χ2v) is 11.8. The first-order valence-corrected chi connectivity index (χ1v) is 13.2. The van der Waals surface area contributed by atoms with Crippen molar-refractivity contribution >= 4 is 38.5 Å². The Morgan fingerprint density at radius 1 is 1.07 bits per heavy atom. The largest absolute Gasteiger partial charge is 0.331 e. The third-order valence-corrected chi connectivity index (χ3v) is 6.43. The molecule has 0 radical (unpaired) electrons. The fourth-order valence-corrected chi connectivity index (χ4v) is 4.29. The van der Waals surface area contributed by atoms with E-state index < -0.39 is 9.93 Å². The number of rotatable bonds is 12. The number of anilines is 1. The molecule has 168 valence electrons. The molecule has 0 atom stereocenters. The number of fused-ring (bicyclic) bond motifs is 1. The van der Waals surface area contributed by atoms with E-state index in [9.17, 15) is 13.8 Å². The van der Waals surface area contributed by atoms with Gasteiger partial charge in [0.15, 0.2) is 0 Å². The fraction of sp³-hybridized carbons (Fsp3) is 0.571. The highest BCUT2D eigenvalue weighted by Crippen LogP contribution is 2.21. The average Bonchev–Trinajstić information content (AvgIpc) is 2.98. The van der Waals surface area contributed by atoms with Gasteiger partial charge in [-0.25, -0.2) is 10.5 Å². The number of nitrogens with zero attached hydrogens (tertiary/aromatic N) is 2. The maximum atomic E-state index is 12.1. The quantitative estimate of drug-likeness (QED) is 0.176. The summed E-state index contributed by atoms with van der Waals surface area (Å²) in [6.07, 6.45) is 9.30. The molecule has 1 aromatic carbocycles. The lowest BCUT2D eigenvalue weighted by atomic mass is 10.1. The maximum absolute atomic E-state index is 12.1. The van der Waals surface area contributed by atoms with E-state index in [-0.39, 0.29) is 11.8 Å². The number of benzene rings is 1. The number of hydrogen-bond acceptors (Lipinski definition) is 5. The zero-order valence-electron chi connectivity index (χ0n) is 18.1. The highest BCUT2D eigenvalue weighted by molar-refractivity contribution is 8.01. The van der Waals surface area contributed by atoms with Gasteiger partial charge < -0.3 is 9.88 Å². The molecule has 0 aliphatic heterocycles. The Bertz CT molecular complexity index is 919. The monoisotopic (exact) mass is 438 g/mol. The minimum Gasteiger partial charge on any atom is -0.331 e. The van der Waals surface area contributed by atoms with Gasteiger partial charge in [0, 0.05) is 37.8 Å². The summed E-state index contributed by atoms with van der Waals surface area (Å²) < 4.78 is 13.8. The molecule has 0 bridgehead atoms. The number of hydroxylamine groups is 1. The van der Waals surface area contributed by atoms with Crippen LogP contribution >= 0.6 is 0 Å². The zero-order chi connectivity index (χ0) is 22.1. The van der Waals surface area contributed by atoms with E-state index in [2.05, 4.69) is 9.88 Å². The number of carbonyl (C=O) groups is 2. The first-order chi connectivity index (χ1) is 14.2. The number of amides is 2. The molecular formula is C21H34N4O4S. The van der Waals surface area contributed by atoms with Gasteiger partial charge >= 0.3 is 0 Å². The predicted molar refractivity (Wildman–Crippen MR) is 122 cm³/mol. The van der Waals surface area contributed by atoms with Crippen LogP contribution in [0.15, 0.2) is 18.2 Å². The van der Waals surface area contributed by atoms with E-state index in [1.165, 1.54) is 0 Å². The average molecular weight is 439 g/mol. The number of unbranched alkanes of at least 4 members (excludes halogenated alkanes) is 3. The Labute approximate surface area is 178 Å². The smallest absolute Gasteiger partial charge is 0.243 e. The van der Waals surface area contributed by atoms with Crippen molar-refractivity contribution < 1.29 is 19.0 Å². The van der Waals surface area contributed by atoms with Gasteiger partial charge in [0.25, 0.3) is 0 Å². The van der Waals surface area contributed by atoms with E-state index in [0.717, 1.165) is 54.6 Å². The molecule has 2 rings (SSSR count). The molecule has 0 saturated carbocycles. The van der Waals surface area contributed by atoms with E-state index in [0.29, 0.717) is 25.0 Å². The van der Waals surface area contributed by atoms with Crippen LogP contribution in [0.5, 0.6) is 0 Å². The Morgan fingerprint density at radius 3 is 2.47 bits per heavy atom. The Kier molecular flexibility index (Phi) is 8.98. The summed E-state index contributed by atoms with van der Waals surface area (Å²) in [5, 5.41) is 11.4. The molecule has 0 saturated heterocycles. The van der Waals surface area contributed by atoms with E-state index in [1.54, 1.807) is 18.0 Å². The molecule has 2 amide bonds. The van der Waals surface area contributed by atoms with Crippen LogP contribution in [-0.2, 0) is 33.0 Å². The minimum absolute atomic E-state index is 0.0752. The fourth-order valence-electron chi connectivity index (χ4n) is 3.37. The predicted octanol–water partition coefficient (Wildman–Crippen LogP) is 2.57. The molecule has 0 aliphatic rings. The molecule has 0 spiro atoms. The molecule has 0 aliphatic carbocycles. The van der Waals surface area contributed by atoms with Crippen molar-refractivity contribution in [2.45, 2.75) is 51.4 Å². The minimum atomic E-state index is -2.08. The molecule has 0 fully saturated rings. The van der Waals surface area contributed by atoms with Crippen LogP contribution in [0, 0.1) is 0 Å². The van der Waals surface area contributed by atoms with Crippen LogP contribution in [0.25, 0.3) is 11.0 Å². The second-order valence-electron chi connectivity index (χ2n) is 8.19. The lowest BCUT2D eigenvalue weighted by molar-refractivity contribution is -0.129. The number of thiol groups is 1. The number of carbonyl (C=O) groups excluding carboxylic acids is 2. The molecule has 9 heteroatoms. The third-order valence-electron chi connectivity index (χ3n) is 5.04. The van der Waals surface area contributed by atoms with Crippen molar-refractivity contribution in [3.8, 4) is 0 Å². The summed E-state index contributed by atoms with van der Waals surface area (Å²) in [6, 6.07) is 5.72. The number of nitrogens with one attached hydrogen (secondary N) is 2. The van der Waals surface area contributed by atoms with Crippen LogP contribution in [0.2, 0.25) is 0 Å². The second kappa shape index (κ2) is 11.2. The Balaban J connectivity index is 1.86. The highest BCUT2D eigenvalue weighted by Gasteiger charge is 2.10. The van der Waals surface area contributed by atoms with Crippen LogP contribution in [-0.4, -0.2) is 49.0 Å².